The molecule has 7 heteroatoms. The Kier molecular flexibility index (Phi) is 6.07. The van der Waals surface area contributed by atoms with Crippen LogP contribution in [-0.4, -0.2) is 43.7 Å². The maximum absolute atomic E-state index is 14.7. The number of rotatable bonds is 4. The van der Waals surface area contributed by atoms with Gasteiger partial charge in [-0.25, -0.2) is 0 Å². The average molecular weight is 601 g/mol. The maximum Gasteiger partial charge on any atom is 0.180 e. The fourth-order valence-electron chi connectivity index (χ4n) is 6.89. The van der Waals surface area contributed by atoms with E-state index in [0.717, 1.165) is 15.7 Å². The average Bonchev–Trinajstić information content (AvgIpc) is 3.37. The van der Waals surface area contributed by atoms with E-state index in [-0.39, 0.29) is 17.3 Å². The summed E-state index contributed by atoms with van der Waals surface area (Å²) in [6.07, 6.45) is 3.88. The second-order valence-corrected chi connectivity index (χ2v) is 12.5. The van der Waals surface area contributed by atoms with Crippen LogP contribution in [-0.2, 0) is 4.79 Å². The molecule has 3 aliphatic rings. The highest BCUT2D eigenvalue weighted by Crippen LogP contribution is 2.62. The quantitative estimate of drug-likeness (QED) is 0.318. The topological polar surface area (TPSA) is 72.9 Å². The van der Waals surface area contributed by atoms with Crippen molar-refractivity contribution in [3.63, 3.8) is 0 Å². The first-order valence-electron chi connectivity index (χ1n) is 13.3. The third-order valence-electron chi connectivity index (χ3n) is 8.54. The predicted molar refractivity (Wildman–Crippen MR) is 158 cm³/mol. The number of carbonyl (C=O) groups excluding carboxylic acids is 3. The number of hydrogen-bond acceptors (Lipinski definition) is 6. The lowest BCUT2D eigenvalue weighted by Crippen LogP contribution is -2.49. The van der Waals surface area contributed by atoms with Crippen molar-refractivity contribution >= 4 is 45.0 Å². The van der Waals surface area contributed by atoms with E-state index in [1.165, 1.54) is 7.11 Å². The van der Waals surface area contributed by atoms with E-state index in [9.17, 15) is 14.4 Å². The van der Waals surface area contributed by atoms with E-state index in [4.69, 9.17) is 9.47 Å². The molecule has 204 valence electrons. The highest BCUT2D eigenvalue weighted by molar-refractivity contribution is 9.10. The monoisotopic (exact) mass is 599 g/mol. The molecular formula is C33H30BrNO5. The summed E-state index contributed by atoms with van der Waals surface area (Å²) in [5.41, 5.74) is 0.728. The number of methoxy groups -OCH3 is 2. The van der Waals surface area contributed by atoms with E-state index in [2.05, 4.69) is 15.9 Å². The molecule has 0 saturated carbocycles. The normalized spacial score (nSPS) is 22.2. The smallest absolute Gasteiger partial charge is 0.180 e. The largest absolute Gasteiger partial charge is 0.493 e. The van der Waals surface area contributed by atoms with Crippen LogP contribution < -0.4 is 14.4 Å². The van der Waals surface area contributed by atoms with Crippen molar-refractivity contribution < 1.29 is 23.9 Å². The summed E-state index contributed by atoms with van der Waals surface area (Å²) in [5, 5.41) is 0. The molecule has 0 amide bonds. The molecule has 2 heterocycles. The summed E-state index contributed by atoms with van der Waals surface area (Å²) in [6.45, 7) is 5.64. The number of anilines is 1. The predicted octanol–water partition coefficient (Wildman–Crippen LogP) is 6.51. The van der Waals surface area contributed by atoms with E-state index in [1.807, 2.05) is 68.2 Å². The Balaban J connectivity index is 1.74. The summed E-state index contributed by atoms with van der Waals surface area (Å²) in [5.74, 6) is -0.569. The lowest BCUT2D eigenvalue weighted by molar-refractivity contribution is -0.127. The first-order valence-corrected chi connectivity index (χ1v) is 14.1. The van der Waals surface area contributed by atoms with Gasteiger partial charge in [0.05, 0.1) is 26.3 Å². The third-order valence-corrected chi connectivity index (χ3v) is 9.04. The maximum atomic E-state index is 14.7. The van der Waals surface area contributed by atoms with Crippen molar-refractivity contribution in [1.29, 1.82) is 0 Å². The minimum Gasteiger partial charge on any atom is -0.493 e. The molecule has 0 unspecified atom stereocenters. The second-order valence-electron chi connectivity index (χ2n) is 11.6. The number of halogens is 1. The van der Waals surface area contributed by atoms with Gasteiger partial charge in [-0.15, -0.1) is 0 Å². The van der Waals surface area contributed by atoms with Gasteiger partial charge in [0.15, 0.2) is 28.8 Å². The molecule has 3 aromatic rings. The molecule has 6 nitrogen and oxygen atoms in total. The number of carbonyl (C=O) groups is 3. The highest BCUT2D eigenvalue weighted by atomic mass is 79.9. The van der Waals surface area contributed by atoms with E-state index in [0.29, 0.717) is 28.2 Å². The number of para-hydroxylation sites is 1. The van der Waals surface area contributed by atoms with Crippen LogP contribution >= 0.6 is 15.9 Å². The van der Waals surface area contributed by atoms with Crippen molar-refractivity contribution in [2.75, 3.05) is 19.1 Å². The second kappa shape index (κ2) is 9.16. The fourth-order valence-corrected chi connectivity index (χ4v) is 7.27. The Morgan fingerprint density at radius 2 is 1.60 bits per heavy atom. The Hall–Kier alpha value is -3.71. The molecule has 1 saturated heterocycles. The number of nitrogens with zero attached hydrogens (tertiary/aromatic N) is 1. The molecule has 0 radical (unpaired) electrons. The summed E-state index contributed by atoms with van der Waals surface area (Å²) < 4.78 is 12.4. The van der Waals surface area contributed by atoms with Crippen molar-refractivity contribution in [3.05, 3.63) is 93.5 Å². The minimum atomic E-state index is -1.59. The zero-order chi connectivity index (χ0) is 28.6. The van der Waals surface area contributed by atoms with Crippen LogP contribution in [0.15, 0.2) is 71.2 Å². The Bertz CT molecular complexity index is 1580. The van der Waals surface area contributed by atoms with E-state index in [1.54, 1.807) is 37.4 Å². The standard InChI is InChI=1S/C33H30BrNO5/c1-32(2,3)31(38)27-26(22-11-8-12-24(39-4)28(22)40-5)33(29(36)20-9-6-7-10-21(20)30(33)37)25-16-13-18-17-19(34)14-15-23(18)35(25)27/h6-17,25-27H,1-5H3/t25-,26+,27+/m0/s1. The van der Waals surface area contributed by atoms with Gasteiger partial charge >= 0.3 is 0 Å². The van der Waals surface area contributed by atoms with Gasteiger partial charge in [0.25, 0.3) is 0 Å². The number of fused-ring (bicyclic) bond motifs is 5. The van der Waals surface area contributed by atoms with Crippen LogP contribution in [0, 0.1) is 10.8 Å². The summed E-state index contributed by atoms with van der Waals surface area (Å²) in [7, 11) is 3.09. The van der Waals surface area contributed by atoms with E-state index >= 15 is 0 Å². The Morgan fingerprint density at radius 3 is 2.20 bits per heavy atom. The van der Waals surface area contributed by atoms with Crippen molar-refractivity contribution in [2.24, 2.45) is 10.8 Å². The fraction of sp³-hybridized carbons (Fsp3) is 0.303. The molecule has 0 N–H and O–H groups in total. The lowest BCUT2D eigenvalue weighted by atomic mass is 9.63. The SMILES string of the molecule is COc1cccc([C@@H]2[C@H](C(=O)C(C)(C)C)N3c4ccc(Br)cc4C=C[C@H]3C23C(=O)c2ccccc2C3=O)c1OC. The molecule has 40 heavy (non-hydrogen) atoms. The van der Waals surface area contributed by atoms with Crippen LogP contribution in [0.1, 0.15) is 58.5 Å². The molecule has 1 spiro atoms. The first-order chi connectivity index (χ1) is 19.1. The number of ketones is 3. The number of benzene rings is 3. The van der Waals surface area contributed by atoms with Crippen LogP contribution in [0.4, 0.5) is 5.69 Å². The van der Waals surface area contributed by atoms with Crippen LogP contribution in [0.25, 0.3) is 6.08 Å². The van der Waals surface area contributed by atoms with E-state index < -0.39 is 28.8 Å². The lowest BCUT2D eigenvalue weighted by Gasteiger charge is -2.38. The molecule has 3 atom stereocenters. The van der Waals surface area contributed by atoms with Crippen LogP contribution in [0.5, 0.6) is 11.5 Å². The zero-order valence-electron chi connectivity index (χ0n) is 23.0. The number of Topliss-reactive ketones (excluding diaryl/α,β-unsaturated/α-hetero) is 3. The van der Waals surface area contributed by atoms with Crippen LogP contribution in [0.2, 0.25) is 0 Å². The number of hydrogen-bond donors (Lipinski definition) is 0. The van der Waals surface area contributed by atoms with Crippen molar-refractivity contribution in [1.82, 2.24) is 0 Å². The Morgan fingerprint density at radius 1 is 0.925 bits per heavy atom. The zero-order valence-corrected chi connectivity index (χ0v) is 24.6. The van der Waals surface area contributed by atoms with Gasteiger partial charge in [-0.1, -0.05) is 85.3 Å². The first kappa shape index (κ1) is 26.5. The van der Waals surface area contributed by atoms with Gasteiger partial charge in [-0.2, -0.15) is 0 Å². The van der Waals surface area contributed by atoms with Crippen LogP contribution in [0.3, 0.4) is 0 Å². The molecule has 2 aliphatic heterocycles. The van der Waals surface area contributed by atoms with Crippen molar-refractivity contribution in [3.8, 4) is 11.5 Å². The van der Waals surface area contributed by atoms with Crippen molar-refractivity contribution in [2.45, 2.75) is 38.8 Å². The summed E-state index contributed by atoms with van der Waals surface area (Å²) in [4.78, 5) is 46.1. The van der Waals surface area contributed by atoms with Gasteiger partial charge in [0.1, 0.15) is 5.41 Å². The number of ether oxygens (including phenoxy) is 2. The van der Waals surface area contributed by atoms with Gasteiger partial charge in [0.2, 0.25) is 0 Å². The highest BCUT2D eigenvalue weighted by Gasteiger charge is 2.72. The summed E-state index contributed by atoms with van der Waals surface area (Å²) in [6, 6.07) is 16.8. The molecule has 0 bridgehead atoms. The molecule has 1 aliphatic carbocycles. The summed E-state index contributed by atoms with van der Waals surface area (Å²) >= 11 is 3.56. The van der Waals surface area contributed by atoms with Gasteiger partial charge in [-0.3, -0.25) is 14.4 Å². The molecule has 0 aromatic heterocycles. The molecular weight excluding hydrogens is 570 g/mol. The van der Waals surface area contributed by atoms with Gasteiger partial charge in [0, 0.05) is 38.2 Å². The Labute approximate surface area is 242 Å². The minimum absolute atomic E-state index is 0.0648. The molecule has 6 rings (SSSR count). The third kappa shape index (κ3) is 3.43. The molecule has 3 aromatic carbocycles. The molecule has 1 fully saturated rings. The van der Waals surface area contributed by atoms with Gasteiger partial charge in [-0.05, 0) is 29.8 Å². The van der Waals surface area contributed by atoms with Gasteiger partial charge < -0.3 is 14.4 Å².